The summed E-state index contributed by atoms with van der Waals surface area (Å²) in [5, 5.41) is 3.23. The Kier molecular flexibility index (Phi) is 8.40. The van der Waals surface area contributed by atoms with E-state index >= 15 is 0 Å². The van der Waals surface area contributed by atoms with Crippen molar-refractivity contribution < 1.29 is 9.47 Å². The molecule has 0 aliphatic carbocycles. The molecule has 0 saturated heterocycles. The van der Waals surface area contributed by atoms with Gasteiger partial charge >= 0.3 is 0 Å². The van der Waals surface area contributed by atoms with Gasteiger partial charge in [0.1, 0.15) is 0 Å². The molecular weight excluding hydrogens is 166 g/mol. The molecule has 80 valence electrons. The second kappa shape index (κ2) is 8.48. The van der Waals surface area contributed by atoms with Crippen molar-refractivity contribution in [2.75, 3.05) is 26.3 Å². The normalized spacial score (nSPS) is 13.6. The van der Waals surface area contributed by atoms with Crippen LogP contribution in [0.3, 0.4) is 0 Å². The Morgan fingerprint density at radius 3 is 2.23 bits per heavy atom. The van der Waals surface area contributed by atoms with E-state index in [0.29, 0.717) is 19.3 Å². The highest BCUT2D eigenvalue weighted by Gasteiger charge is 2.00. The molecule has 0 aliphatic rings. The molecule has 0 aromatic heterocycles. The predicted octanol–water partition coefficient (Wildman–Crippen LogP) is 1.43. The number of rotatable bonds is 8. The monoisotopic (exact) mass is 189 g/mol. The second-order valence-electron chi connectivity index (χ2n) is 3.41. The first-order valence-corrected chi connectivity index (χ1v) is 5.10. The fourth-order valence-electron chi connectivity index (χ4n) is 0.940. The van der Waals surface area contributed by atoms with Crippen LogP contribution >= 0.6 is 0 Å². The Morgan fingerprint density at radius 1 is 1.08 bits per heavy atom. The van der Waals surface area contributed by atoms with E-state index < -0.39 is 0 Å². The van der Waals surface area contributed by atoms with Gasteiger partial charge in [-0.3, -0.25) is 0 Å². The Bertz CT molecular complexity index is 107. The molecule has 0 spiro atoms. The van der Waals surface area contributed by atoms with Crippen molar-refractivity contribution >= 4 is 0 Å². The number of ether oxygens (including phenoxy) is 2. The SMILES string of the molecule is CCNCC(C)OCCOC(C)C. The Labute approximate surface area is 81.8 Å². The van der Waals surface area contributed by atoms with Crippen molar-refractivity contribution in [3.05, 3.63) is 0 Å². The lowest BCUT2D eigenvalue weighted by Crippen LogP contribution is -2.27. The third-order valence-corrected chi connectivity index (χ3v) is 1.62. The maximum atomic E-state index is 5.51. The minimum atomic E-state index is 0.274. The summed E-state index contributed by atoms with van der Waals surface area (Å²) in [6.07, 6.45) is 0.573. The molecule has 1 N–H and O–H groups in total. The second-order valence-corrected chi connectivity index (χ2v) is 3.41. The highest BCUT2D eigenvalue weighted by atomic mass is 16.5. The van der Waals surface area contributed by atoms with E-state index in [4.69, 9.17) is 9.47 Å². The summed E-state index contributed by atoms with van der Waals surface area (Å²) >= 11 is 0. The van der Waals surface area contributed by atoms with Crippen LogP contribution in [0, 0.1) is 0 Å². The molecule has 0 fully saturated rings. The first kappa shape index (κ1) is 12.9. The van der Waals surface area contributed by atoms with Crippen LogP contribution in [0.4, 0.5) is 0 Å². The molecule has 0 saturated carbocycles. The van der Waals surface area contributed by atoms with Gasteiger partial charge in [0, 0.05) is 6.54 Å². The number of hydrogen-bond donors (Lipinski definition) is 1. The van der Waals surface area contributed by atoms with Gasteiger partial charge in [-0.1, -0.05) is 6.92 Å². The van der Waals surface area contributed by atoms with E-state index in [1.165, 1.54) is 0 Å². The predicted molar refractivity (Wildman–Crippen MR) is 55.0 cm³/mol. The summed E-state index contributed by atoms with van der Waals surface area (Å²) in [6.45, 7) is 11.5. The third-order valence-electron chi connectivity index (χ3n) is 1.62. The third kappa shape index (κ3) is 9.80. The van der Waals surface area contributed by atoms with E-state index in [0.717, 1.165) is 13.1 Å². The van der Waals surface area contributed by atoms with Gasteiger partial charge in [0.25, 0.3) is 0 Å². The first-order chi connectivity index (χ1) is 6.16. The fraction of sp³-hybridized carbons (Fsp3) is 1.00. The minimum absolute atomic E-state index is 0.274. The molecule has 0 bridgehead atoms. The largest absolute Gasteiger partial charge is 0.376 e. The van der Waals surface area contributed by atoms with Crippen LogP contribution in [-0.2, 0) is 9.47 Å². The van der Waals surface area contributed by atoms with Crippen molar-refractivity contribution in [3.63, 3.8) is 0 Å². The van der Waals surface area contributed by atoms with Crippen LogP contribution in [0.25, 0.3) is 0 Å². The van der Waals surface area contributed by atoms with E-state index in [2.05, 4.69) is 19.2 Å². The molecule has 13 heavy (non-hydrogen) atoms. The van der Waals surface area contributed by atoms with E-state index in [-0.39, 0.29) is 6.10 Å². The highest BCUT2D eigenvalue weighted by molar-refractivity contribution is 4.53. The lowest BCUT2D eigenvalue weighted by atomic mass is 10.4. The number of likely N-dealkylation sites (N-methyl/N-ethyl adjacent to an activating group) is 1. The topological polar surface area (TPSA) is 30.5 Å². The molecule has 0 amide bonds. The maximum absolute atomic E-state index is 5.51. The van der Waals surface area contributed by atoms with Crippen molar-refractivity contribution in [1.29, 1.82) is 0 Å². The van der Waals surface area contributed by atoms with Crippen LogP contribution in [-0.4, -0.2) is 38.5 Å². The number of hydrogen-bond acceptors (Lipinski definition) is 3. The van der Waals surface area contributed by atoms with Crippen LogP contribution in [0.15, 0.2) is 0 Å². The molecule has 0 radical (unpaired) electrons. The first-order valence-electron chi connectivity index (χ1n) is 5.10. The van der Waals surface area contributed by atoms with Crippen molar-refractivity contribution in [2.24, 2.45) is 0 Å². The summed E-state index contributed by atoms with van der Waals surface area (Å²) in [5.74, 6) is 0. The summed E-state index contributed by atoms with van der Waals surface area (Å²) in [7, 11) is 0. The molecule has 3 heteroatoms. The minimum Gasteiger partial charge on any atom is -0.376 e. The Morgan fingerprint density at radius 2 is 1.69 bits per heavy atom. The zero-order chi connectivity index (χ0) is 10.1. The molecule has 0 rings (SSSR count). The molecule has 1 unspecified atom stereocenters. The van der Waals surface area contributed by atoms with Crippen LogP contribution < -0.4 is 5.32 Å². The van der Waals surface area contributed by atoms with Gasteiger partial charge in [-0.2, -0.15) is 0 Å². The Hall–Kier alpha value is -0.120. The molecular formula is C10H23NO2. The maximum Gasteiger partial charge on any atom is 0.0704 e. The summed E-state index contributed by atoms with van der Waals surface area (Å²) in [5.41, 5.74) is 0. The van der Waals surface area contributed by atoms with Gasteiger partial charge < -0.3 is 14.8 Å². The molecule has 0 heterocycles. The van der Waals surface area contributed by atoms with Crippen molar-refractivity contribution in [2.45, 2.75) is 39.9 Å². The average molecular weight is 189 g/mol. The zero-order valence-corrected chi connectivity index (χ0v) is 9.30. The summed E-state index contributed by atoms with van der Waals surface area (Å²) < 4.78 is 10.9. The quantitative estimate of drug-likeness (QED) is 0.586. The van der Waals surface area contributed by atoms with E-state index in [1.807, 2.05) is 13.8 Å². The van der Waals surface area contributed by atoms with Crippen molar-refractivity contribution in [1.82, 2.24) is 5.32 Å². The molecule has 1 atom stereocenters. The van der Waals surface area contributed by atoms with Crippen molar-refractivity contribution in [3.8, 4) is 0 Å². The molecule has 3 nitrogen and oxygen atoms in total. The zero-order valence-electron chi connectivity index (χ0n) is 9.30. The summed E-state index contributed by atoms with van der Waals surface area (Å²) in [6, 6.07) is 0. The van der Waals surface area contributed by atoms with Crippen LogP contribution in [0.5, 0.6) is 0 Å². The van der Waals surface area contributed by atoms with Gasteiger partial charge in [-0.25, -0.2) is 0 Å². The van der Waals surface area contributed by atoms with Gasteiger partial charge in [-0.05, 0) is 27.3 Å². The standard InChI is InChI=1S/C10H23NO2/c1-5-11-8-10(4)13-7-6-12-9(2)3/h9-11H,5-8H2,1-4H3. The lowest BCUT2D eigenvalue weighted by Gasteiger charge is -2.14. The van der Waals surface area contributed by atoms with Crippen LogP contribution in [0.2, 0.25) is 0 Å². The van der Waals surface area contributed by atoms with Gasteiger partial charge in [0.2, 0.25) is 0 Å². The average Bonchev–Trinajstić information content (AvgIpc) is 2.08. The highest BCUT2D eigenvalue weighted by Crippen LogP contribution is 1.91. The lowest BCUT2D eigenvalue weighted by molar-refractivity contribution is -0.00593. The molecule has 0 aromatic rings. The van der Waals surface area contributed by atoms with Crippen LogP contribution in [0.1, 0.15) is 27.7 Å². The summed E-state index contributed by atoms with van der Waals surface area (Å²) in [4.78, 5) is 0. The molecule has 0 aromatic carbocycles. The van der Waals surface area contributed by atoms with E-state index in [1.54, 1.807) is 0 Å². The van der Waals surface area contributed by atoms with E-state index in [9.17, 15) is 0 Å². The van der Waals surface area contributed by atoms with Gasteiger partial charge in [-0.15, -0.1) is 0 Å². The smallest absolute Gasteiger partial charge is 0.0704 e. The molecule has 0 aliphatic heterocycles. The van der Waals surface area contributed by atoms with Gasteiger partial charge in [0.05, 0.1) is 25.4 Å². The fourth-order valence-corrected chi connectivity index (χ4v) is 0.940. The number of nitrogens with one attached hydrogen (secondary N) is 1. The Balaban J connectivity index is 3.12. The van der Waals surface area contributed by atoms with Gasteiger partial charge in [0.15, 0.2) is 0 Å².